The van der Waals surface area contributed by atoms with Crippen molar-refractivity contribution in [1.29, 1.82) is 0 Å². The summed E-state index contributed by atoms with van der Waals surface area (Å²) >= 11 is 0. The lowest BCUT2D eigenvalue weighted by atomic mass is 10.0. The Morgan fingerprint density at radius 3 is 0.857 bits per heavy atom. The maximum Gasteiger partial charge on any atom is 0.472 e. The minimum atomic E-state index is -4.98. The van der Waals surface area contributed by atoms with Crippen LogP contribution in [0, 0.1) is 0 Å². The number of aliphatic hydroxyl groups is 1. The van der Waals surface area contributed by atoms with Gasteiger partial charge in [-0.05, 0) is 109 Å². The Balaban J connectivity index is 5.32. The number of phosphoric ester groups is 2. The minimum Gasteiger partial charge on any atom is -0.462 e. The number of aliphatic hydroxyl groups excluding tert-OH is 1. The van der Waals surface area contributed by atoms with E-state index in [9.17, 15) is 43.2 Å². The van der Waals surface area contributed by atoms with Crippen LogP contribution >= 0.6 is 15.6 Å². The van der Waals surface area contributed by atoms with Crippen LogP contribution in [0.2, 0.25) is 0 Å². The summed E-state index contributed by atoms with van der Waals surface area (Å²) in [6.07, 6.45) is 72.9. The lowest BCUT2D eigenvalue weighted by molar-refractivity contribution is -0.161. The van der Waals surface area contributed by atoms with E-state index in [-0.39, 0.29) is 25.7 Å². The van der Waals surface area contributed by atoms with Crippen molar-refractivity contribution in [3.05, 3.63) is 85.1 Å². The van der Waals surface area contributed by atoms with Crippen molar-refractivity contribution in [3.8, 4) is 0 Å². The van der Waals surface area contributed by atoms with E-state index in [0.29, 0.717) is 25.7 Å². The van der Waals surface area contributed by atoms with Crippen LogP contribution in [0.25, 0.3) is 0 Å². The van der Waals surface area contributed by atoms with E-state index in [1.54, 1.807) is 0 Å². The first-order valence-electron chi connectivity index (χ1n) is 38.8. The maximum atomic E-state index is 13.1. The van der Waals surface area contributed by atoms with E-state index >= 15 is 0 Å². The molecule has 0 aliphatic carbocycles. The standard InChI is InChI=1S/C79H140O17P2/c1-5-9-13-17-21-25-29-32-35-36-39-41-45-48-52-56-60-64-77(82)90-70-75(96-79(84)66-62-58-54-50-46-42-38-34-31-27-23-19-15-11-7-3)72-94-98(87,88)92-68-73(80)67-91-97(85,86)93-71-74(95-78(83)65-61-57-53-49-43-28-24-20-16-12-8-4)69-89-76(81)63-59-55-51-47-44-40-37-33-30-26-22-18-14-10-6-2/h9,11,13,15,20-21,23-25,27,32,34-35,38,73-75,80H,5-8,10,12,14,16-19,22,26,28-31,33,36-37,39-72H2,1-4H3,(H,85,86)(H,87,88)/b13-9-,15-11-,24-20-,25-21-,27-23-,35-32-,38-34-. The highest BCUT2D eigenvalue weighted by atomic mass is 31.2. The molecule has 98 heavy (non-hydrogen) atoms. The fourth-order valence-corrected chi connectivity index (χ4v) is 12.0. The Morgan fingerprint density at radius 1 is 0.296 bits per heavy atom. The molecule has 0 fully saturated rings. The van der Waals surface area contributed by atoms with Gasteiger partial charge in [-0.25, -0.2) is 9.13 Å². The third-order valence-corrected chi connectivity index (χ3v) is 18.3. The molecule has 0 saturated carbocycles. The Labute approximate surface area is 595 Å². The number of carbonyl (C=O) groups is 4. The van der Waals surface area contributed by atoms with Crippen molar-refractivity contribution in [2.75, 3.05) is 39.6 Å². The summed E-state index contributed by atoms with van der Waals surface area (Å²) in [5.74, 6) is -2.19. The number of carbonyl (C=O) groups excluding carboxylic acids is 4. The van der Waals surface area contributed by atoms with Gasteiger partial charge < -0.3 is 33.8 Å². The quantitative estimate of drug-likeness (QED) is 0.0169. The van der Waals surface area contributed by atoms with Gasteiger partial charge >= 0.3 is 39.5 Å². The second kappa shape index (κ2) is 71.6. The van der Waals surface area contributed by atoms with Gasteiger partial charge in [0.05, 0.1) is 26.4 Å². The summed E-state index contributed by atoms with van der Waals surface area (Å²) in [7, 11) is -9.95. The Morgan fingerprint density at radius 2 is 0.541 bits per heavy atom. The number of ether oxygens (including phenoxy) is 4. The van der Waals surface area contributed by atoms with Crippen molar-refractivity contribution in [3.63, 3.8) is 0 Å². The second-order valence-corrected chi connectivity index (χ2v) is 28.8. The zero-order chi connectivity index (χ0) is 71.8. The molecule has 17 nitrogen and oxygen atoms in total. The summed E-state index contributed by atoms with van der Waals surface area (Å²) < 4.78 is 68.5. The van der Waals surface area contributed by atoms with Gasteiger partial charge in [-0.15, -0.1) is 0 Å². The molecule has 0 aromatic rings. The average molecular weight is 1420 g/mol. The summed E-state index contributed by atoms with van der Waals surface area (Å²) in [4.78, 5) is 72.9. The van der Waals surface area contributed by atoms with Crippen LogP contribution in [0.3, 0.4) is 0 Å². The first-order chi connectivity index (χ1) is 47.7. The van der Waals surface area contributed by atoms with Crippen LogP contribution in [0.15, 0.2) is 85.1 Å². The minimum absolute atomic E-state index is 0.0741. The zero-order valence-electron chi connectivity index (χ0n) is 62.0. The third kappa shape index (κ3) is 70.7. The summed E-state index contributed by atoms with van der Waals surface area (Å²) in [6.45, 7) is 4.62. The van der Waals surface area contributed by atoms with Gasteiger partial charge in [0.25, 0.3) is 0 Å². The number of rotatable bonds is 73. The molecular weight excluding hydrogens is 1280 g/mol. The number of allylic oxidation sites excluding steroid dienone is 14. The van der Waals surface area contributed by atoms with Crippen LogP contribution in [0.5, 0.6) is 0 Å². The van der Waals surface area contributed by atoms with E-state index in [0.717, 1.165) is 173 Å². The number of unbranched alkanes of at least 4 members (excludes halogenated alkanes) is 33. The van der Waals surface area contributed by atoms with Gasteiger partial charge in [0.2, 0.25) is 0 Å². The molecular formula is C79H140O17P2. The molecule has 5 atom stereocenters. The number of esters is 4. The lowest BCUT2D eigenvalue weighted by Gasteiger charge is -2.21. The average Bonchev–Trinajstić information content (AvgIpc) is 0.986. The Hall–Kier alpha value is -3.76. The van der Waals surface area contributed by atoms with Crippen LogP contribution < -0.4 is 0 Å². The van der Waals surface area contributed by atoms with Crippen LogP contribution in [-0.2, 0) is 65.4 Å². The molecule has 0 radical (unpaired) electrons. The van der Waals surface area contributed by atoms with Crippen molar-refractivity contribution >= 4 is 39.5 Å². The molecule has 3 N–H and O–H groups in total. The fraction of sp³-hybridized carbons (Fsp3) is 0.772. The summed E-state index contributed by atoms with van der Waals surface area (Å²) in [6, 6.07) is 0. The third-order valence-electron chi connectivity index (χ3n) is 16.4. The highest BCUT2D eigenvalue weighted by Crippen LogP contribution is 2.45. The molecule has 0 aliphatic rings. The van der Waals surface area contributed by atoms with Gasteiger partial charge in [-0.2, -0.15) is 0 Å². The van der Waals surface area contributed by atoms with Gasteiger partial charge in [-0.3, -0.25) is 37.3 Å². The number of phosphoric acid groups is 2. The van der Waals surface area contributed by atoms with Gasteiger partial charge in [0.15, 0.2) is 12.2 Å². The van der Waals surface area contributed by atoms with E-state index in [1.807, 2.05) is 0 Å². The molecule has 0 amide bonds. The molecule has 0 bridgehead atoms. The molecule has 0 aliphatic heterocycles. The van der Waals surface area contributed by atoms with Gasteiger partial charge in [0.1, 0.15) is 19.3 Å². The largest absolute Gasteiger partial charge is 0.472 e. The predicted octanol–water partition coefficient (Wildman–Crippen LogP) is 22.2. The molecule has 0 aromatic heterocycles. The van der Waals surface area contributed by atoms with Crippen molar-refractivity contribution < 1.29 is 80.2 Å². The molecule has 0 spiro atoms. The van der Waals surface area contributed by atoms with Gasteiger partial charge in [-0.1, -0.05) is 286 Å². The Kier molecular flexibility index (Phi) is 68.9. The molecule has 19 heteroatoms. The first kappa shape index (κ1) is 94.2. The predicted molar refractivity (Wildman–Crippen MR) is 399 cm³/mol. The van der Waals surface area contributed by atoms with Crippen molar-refractivity contribution in [1.82, 2.24) is 0 Å². The summed E-state index contributed by atoms with van der Waals surface area (Å²) in [5, 5.41) is 10.6. The smallest absolute Gasteiger partial charge is 0.462 e. The second-order valence-electron chi connectivity index (χ2n) is 25.9. The molecule has 0 aromatic carbocycles. The van der Waals surface area contributed by atoms with E-state index in [1.165, 1.54) is 83.5 Å². The molecule has 0 rings (SSSR count). The van der Waals surface area contributed by atoms with Crippen LogP contribution in [0.4, 0.5) is 0 Å². The van der Waals surface area contributed by atoms with E-state index in [4.69, 9.17) is 37.0 Å². The first-order valence-corrected chi connectivity index (χ1v) is 41.8. The van der Waals surface area contributed by atoms with E-state index < -0.39 is 97.5 Å². The highest BCUT2D eigenvalue weighted by Gasteiger charge is 2.30. The maximum absolute atomic E-state index is 13.1. The van der Waals surface area contributed by atoms with Crippen molar-refractivity contribution in [2.45, 2.75) is 354 Å². The number of hydrogen-bond acceptors (Lipinski definition) is 15. The lowest BCUT2D eigenvalue weighted by Crippen LogP contribution is -2.30. The highest BCUT2D eigenvalue weighted by molar-refractivity contribution is 7.47. The zero-order valence-corrected chi connectivity index (χ0v) is 63.7. The molecule has 568 valence electrons. The fourth-order valence-electron chi connectivity index (χ4n) is 10.5. The van der Waals surface area contributed by atoms with Crippen molar-refractivity contribution in [2.24, 2.45) is 0 Å². The summed E-state index contributed by atoms with van der Waals surface area (Å²) in [5.41, 5.74) is 0. The van der Waals surface area contributed by atoms with Crippen LogP contribution in [0.1, 0.15) is 336 Å². The molecule has 0 heterocycles. The number of hydrogen-bond donors (Lipinski definition) is 3. The SMILES string of the molecule is CC/C=C\C/C=C\C/C=C\CCCCCCCCCC(=O)OCC(COP(=O)(O)OCC(O)COP(=O)(O)OCC(COC(=O)CCCCCCCCCCCCCCCCC)OC(=O)CCCCCCC/C=C\CCCC)OC(=O)CCCCCCC/C=C\C/C=C\C/C=C\CC. The Bertz CT molecular complexity index is 2190. The van der Waals surface area contributed by atoms with E-state index in [2.05, 4.69) is 113 Å². The molecule has 0 saturated heterocycles. The monoisotopic (exact) mass is 1420 g/mol. The molecule has 5 unspecified atom stereocenters. The normalized spacial score (nSPS) is 14.4. The van der Waals surface area contributed by atoms with Gasteiger partial charge in [0, 0.05) is 25.7 Å². The van der Waals surface area contributed by atoms with Crippen LogP contribution in [-0.4, -0.2) is 96.7 Å². The topological polar surface area (TPSA) is 237 Å².